The van der Waals surface area contributed by atoms with E-state index in [0.717, 1.165) is 21.6 Å². The predicted molar refractivity (Wildman–Crippen MR) is 76.1 cm³/mol. The van der Waals surface area contributed by atoms with Gasteiger partial charge in [0, 0.05) is 12.4 Å². The van der Waals surface area contributed by atoms with Crippen molar-refractivity contribution in [3.05, 3.63) is 41.9 Å². The maximum Gasteiger partial charge on any atom is 0.212 e. The minimum absolute atomic E-state index is 0.0851. The molecule has 0 saturated carbocycles. The molecule has 100 valence electrons. The van der Waals surface area contributed by atoms with Gasteiger partial charge in [-0.15, -0.1) is 0 Å². The number of nitrogens with zero attached hydrogens (tertiary/aromatic N) is 5. The maximum atomic E-state index is 10.3. The molecule has 4 aromatic heterocycles. The second-order valence-corrected chi connectivity index (χ2v) is 5.42. The van der Waals surface area contributed by atoms with Gasteiger partial charge in [0.25, 0.3) is 0 Å². The number of rotatable bonds is 2. The third-order valence-corrected chi connectivity index (χ3v) is 4.12. The van der Waals surface area contributed by atoms with Gasteiger partial charge >= 0.3 is 0 Å². The number of hydrogen-bond donors (Lipinski definition) is 1. The maximum absolute atomic E-state index is 10.3. The van der Waals surface area contributed by atoms with Crippen molar-refractivity contribution in [1.29, 1.82) is 0 Å². The molecule has 0 spiro atoms. The minimum atomic E-state index is -0.0851. The molecule has 1 unspecified atom stereocenters. The van der Waals surface area contributed by atoms with Crippen LogP contribution in [0, 0.1) is 0 Å². The van der Waals surface area contributed by atoms with E-state index in [2.05, 4.69) is 15.1 Å². The molecule has 4 heterocycles. The molecule has 20 heavy (non-hydrogen) atoms. The van der Waals surface area contributed by atoms with Crippen LogP contribution < -0.4 is 0 Å². The first-order chi connectivity index (χ1) is 9.74. The molecule has 6 nitrogen and oxygen atoms in total. The van der Waals surface area contributed by atoms with Crippen molar-refractivity contribution in [2.24, 2.45) is 0 Å². The molecule has 0 aliphatic rings. The summed E-state index contributed by atoms with van der Waals surface area (Å²) in [5.41, 5.74) is 3.39. The van der Waals surface area contributed by atoms with Crippen molar-refractivity contribution in [3.63, 3.8) is 0 Å². The molecular formula is C13H11N5OS. The van der Waals surface area contributed by atoms with Crippen LogP contribution in [0.25, 0.3) is 15.9 Å². The Kier molecular flexibility index (Phi) is 2.31. The van der Waals surface area contributed by atoms with Gasteiger partial charge in [0.2, 0.25) is 10.8 Å². The summed E-state index contributed by atoms with van der Waals surface area (Å²) in [4.78, 5) is 9.63. The van der Waals surface area contributed by atoms with E-state index in [9.17, 15) is 5.11 Å². The van der Waals surface area contributed by atoms with E-state index < -0.39 is 0 Å². The van der Waals surface area contributed by atoms with Crippen LogP contribution in [0.4, 0.5) is 0 Å². The summed E-state index contributed by atoms with van der Waals surface area (Å²) in [5.74, 6) is 0.213. The van der Waals surface area contributed by atoms with E-state index in [-0.39, 0.29) is 11.9 Å². The van der Waals surface area contributed by atoms with E-state index in [0.29, 0.717) is 0 Å². The summed E-state index contributed by atoms with van der Waals surface area (Å²) in [6, 6.07) is 3.58. The van der Waals surface area contributed by atoms with Crippen LogP contribution in [0.1, 0.15) is 18.7 Å². The molecule has 7 heteroatoms. The molecule has 0 aromatic carbocycles. The van der Waals surface area contributed by atoms with E-state index in [4.69, 9.17) is 0 Å². The second kappa shape index (κ2) is 4.04. The fraction of sp³-hybridized carbons (Fsp3) is 0.154. The van der Waals surface area contributed by atoms with Crippen LogP contribution in [0.3, 0.4) is 0 Å². The molecule has 0 radical (unpaired) electrons. The average molecular weight is 285 g/mol. The molecule has 0 fully saturated rings. The quantitative estimate of drug-likeness (QED) is 0.614. The van der Waals surface area contributed by atoms with E-state index >= 15 is 0 Å². The summed E-state index contributed by atoms with van der Waals surface area (Å²) >= 11 is 1.49. The van der Waals surface area contributed by atoms with E-state index in [1.165, 1.54) is 11.3 Å². The lowest BCUT2D eigenvalue weighted by molar-refractivity contribution is 0.410. The molecule has 1 N–H and O–H groups in total. The largest absolute Gasteiger partial charge is 0.494 e. The lowest BCUT2D eigenvalue weighted by Gasteiger charge is -2.11. The number of aromatic nitrogens is 5. The van der Waals surface area contributed by atoms with Crippen molar-refractivity contribution in [2.75, 3.05) is 0 Å². The summed E-state index contributed by atoms with van der Waals surface area (Å²) in [5, 5.41) is 15.2. The highest BCUT2D eigenvalue weighted by Crippen LogP contribution is 2.31. The zero-order chi connectivity index (χ0) is 13.7. The third-order valence-electron chi connectivity index (χ3n) is 3.44. The van der Waals surface area contributed by atoms with Crippen LogP contribution in [-0.4, -0.2) is 29.3 Å². The third kappa shape index (κ3) is 1.53. The Morgan fingerprint density at radius 2 is 2.25 bits per heavy atom. The first-order valence-electron chi connectivity index (χ1n) is 6.17. The molecule has 1 atom stereocenters. The Morgan fingerprint density at radius 1 is 1.35 bits per heavy atom. The molecule has 4 aromatic rings. The highest BCUT2D eigenvalue weighted by atomic mass is 32.1. The first-order valence-corrected chi connectivity index (χ1v) is 7.05. The van der Waals surface area contributed by atoms with Gasteiger partial charge in [-0.2, -0.15) is 5.10 Å². The van der Waals surface area contributed by atoms with Crippen molar-refractivity contribution in [1.82, 2.24) is 24.1 Å². The van der Waals surface area contributed by atoms with E-state index in [1.807, 2.05) is 31.5 Å². The minimum Gasteiger partial charge on any atom is -0.494 e. The Bertz CT molecular complexity index is 877. The van der Waals surface area contributed by atoms with Crippen LogP contribution >= 0.6 is 11.3 Å². The monoisotopic (exact) mass is 285 g/mol. The van der Waals surface area contributed by atoms with Gasteiger partial charge in [-0.05, 0) is 19.1 Å². The Hall–Kier alpha value is -2.41. The number of fused-ring (bicyclic) bond motifs is 2. The van der Waals surface area contributed by atoms with Crippen LogP contribution in [0.5, 0.6) is 5.88 Å². The van der Waals surface area contributed by atoms with Gasteiger partial charge < -0.3 is 9.67 Å². The van der Waals surface area contributed by atoms with E-state index in [1.54, 1.807) is 20.8 Å². The molecule has 0 aliphatic carbocycles. The highest BCUT2D eigenvalue weighted by molar-refractivity contribution is 7.14. The molecule has 0 bridgehead atoms. The standard InChI is InChI=1S/C13H11N5OS/c1-8(10-6-18-13(16-10)20-7-15-18)17-5-11-9(12(17)19)3-2-4-14-11/h2-8,19H,1H3. The number of pyridine rings is 1. The average Bonchev–Trinajstić information content (AvgIpc) is 3.11. The van der Waals surface area contributed by atoms with Gasteiger partial charge in [-0.1, -0.05) is 11.3 Å². The van der Waals surface area contributed by atoms with Crippen LogP contribution in [0.15, 0.2) is 36.2 Å². The summed E-state index contributed by atoms with van der Waals surface area (Å²) in [7, 11) is 0. The number of imidazole rings is 1. The Morgan fingerprint density at radius 3 is 3.05 bits per heavy atom. The summed E-state index contributed by atoms with van der Waals surface area (Å²) < 4.78 is 3.53. The van der Waals surface area contributed by atoms with Crippen molar-refractivity contribution >= 4 is 27.2 Å². The highest BCUT2D eigenvalue weighted by Gasteiger charge is 2.18. The smallest absolute Gasteiger partial charge is 0.212 e. The van der Waals surface area contributed by atoms with Crippen molar-refractivity contribution in [2.45, 2.75) is 13.0 Å². The fourth-order valence-corrected chi connectivity index (χ4v) is 2.95. The molecule has 4 rings (SSSR count). The topological polar surface area (TPSA) is 68.2 Å². The van der Waals surface area contributed by atoms with Crippen LogP contribution in [0.2, 0.25) is 0 Å². The second-order valence-electron chi connectivity index (χ2n) is 4.60. The normalized spacial score (nSPS) is 13.2. The van der Waals surface area contributed by atoms with Crippen molar-refractivity contribution < 1.29 is 5.11 Å². The first kappa shape index (κ1) is 11.4. The zero-order valence-electron chi connectivity index (χ0n) is 10.6. The van der Waals surface area contributed by atoms with Crippen LogP contribution in [-0.2, 0) is 0 Å². The molecule has 0 amide bonds. The zero-order valence-corrected chi connectivity index (χ0v) is 11.4. The lowest BCUT2D eigenvalue weighted by atomic mass is 10.2. The van der Waals surface area contributed by atoms with Gasteiger partial charge in [0.15, 0.2) is 0 Å². The summed E-state index contributed by atoms with van der Waals surface area (Å²) in [6.07, 6.45) is 5.44. The SMILES string of the molecule is CC(c1cn2ncsc2n1)n1cc2ncccc2c1O. The molecule has 0 saturated heterocycles. The Labute approximate surface area is 117 Å². The fourth-order valence-electron chi connectivity index (χ4n) is 2.34. The Balaban J connectivity index is 1.85. The van der Waals surface area contributed by atoms with Crippen molar-refractivity contribution in [3.8, 4) is 5.88 Å². The summed E-state index contributed by atoms with van der Waals surface area (Å²) in [6.45, 7) is 1.99. The van der Waals surface area contributed by atoms with Gasteiger partial charge in [0.05, 0.1) is 28.8 Å². The lowest BCUT2D eigenvalue weighted by Crippen LogP contribution is -2.05. The molecule has 0 aliphatic heterocycles. The van der Waals surface area contributed by atoms with Gasteiger partial charge in [-0.3, -0.25) is 4.98 Å². The number of hydrogen-bond acceptors (Lipinski definition) is 5. The predicted octanol–water partition coefficient (Wildman–Crippen LogP) is 2.46. The number of aromatic hydroxyl groups is 1. The molecular weight excluding hydrogens is 274 g/mol. The van der Waals surface area contributed by atoms with Gasteiger partial charge in [0.1, 0.15) is 5.51 Å². The van der Waals surface area contributed by atoms with Gasteiger partial charge in [-0.25, -0.2) is 9.50 Å².